The van der Waals surface area contributed by atoms with E-state index in [1.807, 2.05) is 55.6 Å². The van der Waals surface area contributed by atoms with Crippen LogP contribution in [0.5, 0.6) is 11.5 Å². The van der Waals surface area contributed by atoms with Crippen LogP contribution in [0.25, 0.3) is 32.8 Å². The highest BCUT2D eigenvalue weighted by Crippen LogP contribution is 2.42. The van der Waals surface area contributed by atoms with Crippen molar-refractivity contribution in [1.82, 2.24) is 4.98 Å². The maximum Gasteiger partial charge on any atom is 0.307 e. The van der Waals surface area contributed by atoms with E-state index < -0.39 is 5.97 Å². The number of aryl methyl sites for hydroxylation is 1. The maximum atomic E-state index is 11.7. The Hall–Kier alpha value is -3.60. The van der Waals surface area contributed by atoms with Crippen molar-refractivity contribution in [3.63, 3.8) is 0 Å². The largest absolute Gasteiger partial charge is 0.497 e. The van der Waals surface area contributed by atoms with Crippen LogP contribution >= 0.6 is 0 Å². The average molecular weight is 399 g/mol. The first kappa shape index (κ1) is 18.4. The molecule has 2 heterocycles. The van der Waals surface area contributed by atoms with Crippen molar-refractivity contribution in [2.75, 3.05) is 13.7 Å². The van der Waals surface area contributed by atoms with E-state index in [2.05, 4.69) is 0 Å². The smallest absolute Gasteiger partial charge is 0.307 e. The van der Waals surface area contributed by atoms with Crippen LogP contribution in [0.4, 0.5) is 0 Å². The SMILES string of the molecule is COc1ccc2c(-c3ccc4c5c(ccnc35)CCO4)c(CC(=O)O)c(C)cc2c1. The van der Waals surface area contributed by atoms with Crippen LogP contribution in [0.2, 0.25) is 0 Å². The van der Waals surface area contributed by atoms with Gasteiger partial charge in [-0.25, -0.2) is 0 Å². The lowest BCUT2D eigenvalue weighted by atomic mass is 9.86. The van der Waals surface area contributed by atoms with Crippen LogP contribution in [0.1, 0.15) is 16.7 Å². The Bertz CT molecular complexity index is 1320. The average Bonchev–Trinajstić information content (AvgIpc) is 2.75. The third kappa shape index (κ3) is 2.86. The molecule has 4 aromatic rings. The minimum Gasteiger partial charge on any atom is -0.497 e. The number of rotatable bonds is 4. The lowest BCUT2D eigenvalue weighted by molar-refractivity contribution is -0.136. The number of methoxy groups -OCH3 is 1. The van der Waals surface area contributed by atoms with Gasteiger partial charge in [0.05, 0.1) is 25.7 Å². The topological polar surface area (TPSA) is 68.7 Å². The van der Waals surface area contributed by atoms with Crippen LogP contribution in [0.3, 0.4) is 0 Å². The van der Waals surface area contributed by atoms with Crippen LogP contribution in [0, 0.1) is 6.92 Å². The number of aromatic nitrogens is 1. The number of fused-ring (bicyclic) bond motifs is 1. The van der Waals surface area contributed by atoms with Gasteiger partial charge in [0.15, 0.2) is 0 Å². The number of carboxylic acid groups (broad SMARTS) is 1. The number of hydrogen-bond acceptors (Lipinski definition) is 4. The first-order chi connectivity index (χ1) is 14.6. The molecule has 5 nitrogen and oxygen atoms in total. The molecule has 0 amide bonds. The molecule has 0 bridgehead atoms. The Morgan fingerprint density at radius 3 is 2.87 bits per heavy atom. The van der Waals surface area contributed by atoms with E-state index in [1.165, 1.54) is 5.56 Å². The van der Waals surface area contributed by atoms with E-state index in [1.54, 1.807) is 7.11 Å². The monoisotopic (exact) mass is 399 g/mol. The van der Waals surface area contributed by atoms with E-state index in [0.717, 1.165) is 61.8 Å². The summed E-state index contributed by atoms with van der Waals surface area (Å²) < 4.78 is 11.3. The second-order valence-electron chi connectivity index (χ2n) is 7.61. The Labute approximate surface area is 173 Å². The summed E-state index contributed by atoms with van der Waals surface area (Å²) >= 11 is 0. The normalized spacial score (nSPS) is 12.7. The molecule has 0 saturated carbocycles. The molecule has 1 aliphatic heterocycles. The van der Waals surface area contributed by atoms with Gasteiger partial charge in [-0.1, -0.05) is 12.1 Å². The number of carboxylic acids is 1. The van der Waals surface area contributed by atoms with E-state index in [0.29, 0.717) is 6.61 Å². The number of aliphatic carboxylic acids is 1. The van der Waals surface area contributed by atoms with Gasteiger partial charge >= 0.3 is 5.97 Å². The van der Waals surface area contributed by atoms with Gasteiger partial charge in [-0.3, -0.25) is 9.78 Å². The standard InChI is InChI=1S/C25H21NO4/c1-14-11-16-12-17(29-2)3-4-18(16)24(20(14)13-22(27)28)19-5-6-21-23-15(8-10-30-21)7-9-26-25(19)23/h3-7,9,11-12H,8,10,13H2,1-2H3,(H,27,28). The van der Waals surface area contributed by atoms with Gasteiger partial charge in [-0.05, 0) is 70.3 Å². The molecular formula is C25H21NO4. The van der Waals surface area contributed by atoms with Gasteiger partial charge in [0.1, 0.15) is 11.5 Å². The highest BCUT2D eigenvalue weighted by molar-refractivity contribution is 6.08. The zero-order chi connectivity index (χ0) is 20.8. The molecule has 1 aromatic heterocycles. The third-order valence-corrected chi connectivity index (χ3v) is 5.84. The summed E-state index contributed by atoms with van der Waals surface area (Å²) in [6, 6.07) is 13.9. The summed E-state index contributed by atoms with van der Waals surface area (Å²) in [4.78, 5) is 16.4. The van der Waals surface area contributed by atoms with Crippen LogP contribution in [0.15, 0.2) is 48.7 Å². The fraction of sp³-hybridized carbons (Fsp3) is 0.200. The van der Waals surface area contributed by atoms with Crippen molar-refractivity contribution in [3.05, 3.63) is 65.4 Å². The fourth-order valence-electron chi connectivity index (χ4n) is 4.49. The van der Waals surface area contributed by atoms with Gasteiger partial charge in [-0.15, -0.1) is 0 Å². The number of carbonyl (C=O) groups is 1. The number of ether oxygens (including phenoxy) is 2. The zero-order valence-electron chi connectivity index (χ0n) is 16.9. The van der Waals surface area contributed by atoms with E-state index in [9.17, 15) is 9.90 Å². The molecule has 5 heteroatoms. The highest BCUT2D eigenvalue weighted by atomic mass is 16.5. The molecule has 3 aromatic carbocycles. The molecule has 0 aliphatic carbocycles. The minimum atomic E-state index is -0.855. The fourth-order valence-corrected chi connectivity index (χ4v) is 4.49. The Balaban J connectivity index is 1.90. The Kier molecular flexibility index (Phi) is 4.31. The molecule has 0 unspecified atom stereocenters. The Morgan fingerprint density at radius 1 is 1.20 bits per heavy atom. The van der Waals surface area contributed by atoms with Gasteiger partial charge < -0.3 is 14.6 Å². The second kappa shape index (κ2) is 7.02. The summed E-state index contributed by atoms with van der Waals surface area (Å²) in [6.45, 7) is 2.62. The van der Waals surface area contributed by atoms with Crippen LogP contribution in [-0.4, -0.2) is 29.8 Å². The predicted octanol–water partition coefficient (Wildman–Crippen LogP) is 4.93. The molecule has 0 fully saturated rings. The van der Waals surface area contributed by atoms with Crippen molar-refractivity contribution >= 4 is 27.6 Å². The molecule has 30 heavy (non-hydrogen) atoms. The molecule has 5 rings (SSSR count). The third-order valence-electron chi connectivity index (χ3n) is 5.84. The molecule has 0 radical (unpaired) electrons. The van der Waals surface area contributed by atoms with E-state index in [-0.39, 0.29) is 6.42 Å². The lowest BCUT2D eigenvalue weighted by Gasteiger charge is -2.22. The number of benzene rings is 3. The van der Waals surface area contributed by atoms with E-state index >= 15 is 0 Å². The summed E-state index contributed by atoms with van der Waals surface area (Å²) in [7, 11) is 1.64. The van der Waals surface area contributed by atoms with Gasteiger partial charge in [0.2, 0.25) is 0 Å². The summed E-state index contributed by atoms with van der Waals surface area (Å²) in [5.41, 5.74) is 5.64. The first-order valence-corrected chi connectivity index (χ1v) is 9.92. The molecule has 0 atom stereocenters. The summed E-state index contributed by atoms with van der Waals surface area (Å²) in [5, 5.41) is 12.6. The van der Waals surface area contributed by atoms with Crippen molar-refractivity contribution in [2.24, 2.45) is 0 Å². The molecule has 150 valence electrons. The second-order valence-corrected chi connectivity index (χ2v) is 7.61. The van der Waals surface area contributed by atoms with Crippen molar-refractivity contribution in [3.8, 4) is 22.6 Å². The molecule has 0 saturated heterocycles. The Morgan fingerprint density at radius 2 is 2.07 bits per heavy atom. The number of hydrogen-bond donors (Lipinski definition) is 1. The van der Waals surface area contributed by atoms with Crippen molar-refractivity contribution in [2.45, 2.75) is 19.8 Å². The quantitative estimate of drug-likeness (QED) is 0.527. The number of nitrogens with zero attached hydrogens (tertiary/aromatic N) is 1. The lowest BCUT2D eigenvalue weighted by Crippen LogP contribution is -2.10. The number of pyridine rings is 1. The zero-order valence-corrected chi connectivity index (χ0v) is 16.9. The predicted molar refractivity (Wildman–Crippen MR) is 117 cm³/mol. The summed E-state index contributed by atoms with van der Waals surface area (Å²) in [5.74, 6) is 0.745. The highest BCUT2D eigenvalue weighted by Gasteiger charge is 2.22. The minimum absolute atomic E-state index is 0.0530. The van der Waals surface area contributed by atoms with Crippen molar-refractivity contribution < 1.29 is 19.4 Å². The molecule has 1 N–H and O–H groups in total. The molecule has 0 spiro atoms. The van der Waals surface area contributed by atoms with Crippen LogP contribution in [-0.2, 0) is 17.6 Å². The van der Waals surface area contributed by atoms with Gasteiger partial charge in [0.25, 0.3) is 0 Å². The van der Waals surface area contributed by atoms with Crippen LogP contribution < -0.4 is 9.47 Å². The van der Waals surface area contributed by atoms with Gasteiger partial charge in [-0.2, -0.15) is 0 Å². The van der Waals surface area contributed by atoms with Crippen molar-refractivity contribution in [1.29, 1.82) is 0 Å². The molecule has 1 aliphatic rings. The molecular weight excluding hydrogens is 378 g/mol. The maximum absolute atomic E-state index is 11.7. The first-order valence-electron chi connectivity index (χ1n) is 9.92. The van der Waals surface area contributed by atoms with E-state index in [4.69, 9.17) is 14.5 Å². The van der Waals surface area contributed by atoms with Gasteiger partial charge in [0, 0.05) is 23.6 Å². The summed E-state index contributed by atoms with van der Waals surface area (Å²) in [6.07, 6.45) is 2.61.